The fourth-order valence-corrected chi connectivity index (χ4v) is 9.49. The van der Waals surface area contributed by atoms with Gasteiger partial charge in [-0.25, -0.2) is 0 Å². The molecule has 2 atom stereocenters. The molecule has 0 bridgehead atoms. The van der Waals surface area contributed by atoms with Crippen LogP contribution in [0.4, 0.5) is 0 Å². The molecule has 0 unspecified atom stereocenters. The van der Waals surface area contributed by atoms with Crippen molar-refractivity contribution in [3.05, 3.63) is 103 Å². The van der Waals surface area contributed by atoms with E-state index in [0.717, 1.165) is 11.3 Å². The van der Waals surface area contributed by atoms with E-state index in [0.29, 0.717) is 19.6 Å². The van der Waals surface area contributed by atoms with Crippen LogP contribution in [-0.2, 0) is 20.6 Å². The van der Waals surface area contributed by atoms with Gasteiger partial charge in [-0.2, -0.15) is 0 Å². The molecule has 3 aromatic carbocycles. The number of allylic oxidation sites excluding steroid dienone is 1. The van der Waals surface area contributed by atoms with Crippen LogP contribution in [0.2, 0.25) is 5.04 Å². The molecule has 3 rings (SSSR count). The summed E-state index contributed by atoms with van der Waals surface area (Å²) >= 11 is 0. The van der Waals surface area contributed by atoms with Crippen molar-refractivity contribution in [3.8, 4) is 5.75 Å². The lowest BCUT2D eigenvalue weighted by atomic mass is 9.98. The fourth-order valence-electron chi connectivity index (χ4n) is 4.75. The van der Waals surface area contributed by atoms with Crippen molar-refractivity contribution < 1.29 is 18.7 Å². The number of hydrogen-bond acceptors (Lipinski definition) is 4. The van der Waals surface area contributed by atoms with Crippen LogP contribution in [0.5, 0.6) is 5.75 Å². The quantitative estimate of drug-likeness (QED) is 0.208. The predicted octanol–water partition coefficient (Wildman–Crippen LogP) is 5.94. The van der Waals surface area contributed by atoms with Gasteiger partial charge in [0.15, 0.2) is 0 Å². The van der Waals surface area contributed by atoms with Crippen molar-refractivity contribution in [1.82, 2.24) is 0 Å². The van der Waals surface area contributed by atoms with E-state index < -0.39 is 14.4 Å². The largest absolute Gasteiger partial charge is 0.497 e. The molecule has 0 aliphatic carbocycles. The summed E-state index contributed by atoms with van der Waals surface area (Å²) in [5.74, 6) is 0.557. The summed E-state index contributed by atoms with van der Waals surface area (Å²) in [5.41, 5.74) is 1.04. The lowest BCUT2D eigenvalue weighted by Gasteiger charge is -2.46. The summed E-state index contributed by atoms with van der Waals surface area (Å²) in [4.78, 5) is 13.1. The van der Waals surface area contributed by atoms with Crippen LogP contribution in [0.15, 0.2) is 97.6 Å². The minimum Gasteiger partial charge on any atom is -0.497 e. The van der Waals surface area contributed by atoms with Crippen LogP contribution < -0.4 is 15.1 Å². The van der Waals surface area contributed by atoms with Gasteiger partial charge < -0.3 is 13.9 Å². The van der Waals surface area contributed by atoms with E-state index in [4.69, 9.17) is 13.9 Å². The minimum absolute atomic E-state index is 0.103. The van der Waals surface area contributed by atoms with Gasteiger partial charge >= 0.3 is 0 Å². The topological polar surface area (TPSA) is 44.8 Å². The van der Waals surface area contributed by atoms with Crippen LogP contribution in [0.3, 0.4) is 0 Å². The van der Waals surface area contributed by atoms with E-state index in [1.807, 2.05) is 43.3 Å². The Morgan fingerprint density at radius 1 is 0.919 bits per heavy atom. The van der Waals surface area contributed by atoms with Gasteiger partial charge in [0, 0.05) is 12.3 Å². The lowest BCUT2D eigenvalue weighted by Crippen LogP contribution is -2.68. The third kappa shape index (κ3) is 6.86. The summed E-state index contributed by atoms with van der Waals surface area (Å²) in [6.07, 6.45) is 1.55. The number of carbonyl (C=O) groups excluding carboxylic acids is 1. The van der Waals surface area contributed by atoms with Crippen molar-refractivity contribution in [1.29, 1.82) is 0 Å². The van der Waals surface area contributed by atoms with Crippen LogP contribution in [0.1, 0.15) is 39.7 Å². The average Bonchev–Trinajstić information content (AvgIpc) is 2.91. The smallest absolute Gasteiger partial charge is 0.261 e. The Hall–Kier alpha value is -2.99. The number of hydrogen-bond donors (Lipinski definition) is 0. The van der Waals surface area contributed by atoms with Crippen molar-refractivity contribution in [2.45, 2.75) is 51.9 Å². The molecule has 0 aliphatic heterocycles. The monoisotopic (exact) mass is 516 g/mol. The van der Waals surface area contributed by atoms with Gasteiger partial charge in [0.1, 0.15) is 11.5 Å². The van der Waals surface area contributed by atoms with Gasteiger partial charge in [0.2, 0.25) is 0 Å². The fraction of sp³-hybridized carbons (Fsp3) is 0.344. The average molecular weight is 517 g/mol. The Labute approximate surface area is 223 Å². The van der Waals surface area contributed by atoms with E-state index in [9.17, 15) is 4.79 Å². The molecule has 3 aromatic rings. The Kier molecular flexibility index (Phi) is 10.0. The van der Waals surface area contributed by atoms with E-state index in [-0.39, 0.29) is 16.7 Å². The van der Waals surface area contributed by atoms with E-state index >= 15 is 0 Å². The molecule has 4 nitrogen and oxygen atoms in total. The molecule has 0 spiro atoms. The molecule has 0 N–H and O–H groups in total. The number of carbonyl (C=O) groups is 1. The summed E-state index contributed by atoms with van der Waals surface area (Å²) in [6.45, 7) is 13.2. The van der Waals surface area contributed by atoms with Crippen molar-refractivity contribution in [2.75, 3.05) is 13.7 Å². The third-order valence-electron chi connectivity index (χ3n) is 6.87. The summed E-state index contributed by atoms with van der Waals surface area (Å²) < 4.78 is 18.8. The highest BCUT2D eigenvalue weighted by atomic mass is 28.4. The number of rotatable bonds is 13. The van der Waals surface area contributed by atoms with E-state index in [2.05, 4.69) is 75.9 Å². The molecular formula is C32H40O4Si. The molecule has 0 heterocycles. The van der Waals surface area contributed by atoms with Crippen LogP contribution in [0.25, 0.3) is 0 Å². The van der Waals surface area contributed by atoms with Gasteiger partial charge in [-0.1, -0.05) is 107 Å². The first-order valence-electron chi connectivity index (χ1n) is 12.9. The van der Waals surface area contributed by atoms with Crippen LogP contribution in [0, 0.1) is 5.92 Å². The number of ether oxygens (including phenoxy) is 2. The number of ketones is 1. The zero-order valence-electron chi connectivity index (χ0n) is 22.8. The Bertz CT molecular complexity index is 1080. The Balaban J connectivity index is 2.00. The highest BCUT2D eigenvalue weighted by Gasteiger charge is 2.52. The van der Waals surface area contributed by atoms with Crippen LogP contribution >= 0.6 is 0 Å². The molecule has 0 radical (unpaired) electrons. The maximum Gasteiger partial charge on any atom is 0.261 e. The second kappa shape index (κ2) is 13.0. The zero-order valence-corrected chi connectivity index (χ0v) is 23.8. The Morgan fingerprint density at radius 2 is 1.46 bits per heavy atom. The normalized spacial score (nSPS) is 13.5. The second-order valence-electron chi connectivity index (χ2n) is 10.4. The van der Waals surface area contributed by atoms with Gasteiger partial charge in [0.05, 0.1) is 26.4 Å². The number of Topliss-reactive ketones (excluding diaryl/α,β-unsaturated/α-hetero) is 1. The molecule has 0 amide bonds. The molecule has 0 aromatic heterocycles. The SMILES string of the molecule is C=CCC(=O)[C@@H](C)[C@@H](COCc1ccc(OC)cc1)O[Si](c1ccccc1)(c1ccccc1)C(C)(C)C. The maximum absolute atomic E-state index is 13.1. The first kappa shape index (κ1) is 28.6. The van der Waals surface area contributed by atoms with E-state index in [1.165, 1.54) is 10.4 Å². The van der Waals surface area contributed by atoms with Crippen molar-refractivity contribution in [2.24, 2.45) is 5.92 Å². The third-order valence-corrected chi connectivity index (χ3v) is 11.9. The predicted molar refractivity (Wildman–Crippen MR) is 154 cm³/mol. The molecule has 37 heavy (non-hydrogen) atoms. The molecular weight excluding hydrogens is 476 g/mol. The van der Waals surface area contributed by atoms with Crippen molar-refractivity contribution >= 4 is 24.5 Å². The van der Waals surface area contributed by atoms with Gasteiger partial charge in [-0.3, -0.25) is 4.79 Å². The highest BCUT2D eigenvalue weighted by molar-refractivity contribution is 6.99. The number of methoxy groups -OCH3 is 1. The van der Waals surface area contributed by atoms with E-state index in [1.54, 1.807) is 13.2 Å². The van der Waals surface area contributed by atoms with Gasteiger partial charge in [-0.05, 0) is 33.1 Å². The Morgan fingerprint density at radius 3 is 1.92 bits per heavy atom. The first-order valence-corrected chi connectivity index (χ1v) is 14.8. The van der Waals surface area contributed by atoms with Gasteiger partial charge in [0.25, 0.3) is 8.32 Å². The molecule has 0 aliphatic rings. The molecule has 0 saturated heterocycles. The first-order chi connectivity index (χ1) is 17.7. The molecule has 0 saturated carbocycles. The van der Waals surface area contributed by atoms with Gasteiger partial charge in [-0.15, -0.1) is 6.58 Å². The number of benzene rings is 3. The zero-order chi connectivity index (χ0) is 26.9. The minimum atomic E-state index is -2.86. The standard InChI is InChI=1S/C32H40O4Si/c1-7-14-30(33)25(2)31(24-35-23-26-19-21-27(34-6)22-20-26)36-37(32(3,4)5,28-15-10-8-11-16-28)29-17-12-9-13-18-29/h7-13,15-22,25,31H,1,14,23-24H2,2-6H3/t25-,31-/m1/s1. The highest BCUT2D eigenvalue weighted by Crippen LogP contribution is 2.38. The van der Waals surface area contributed by atoms with Crippen LogP contribution in [-0.4, -0.2) is 33.9 Å². The van der Waals surface area contributed by atoms with Crippen molar-refractivity contribution in [3.63, 3.8) is 0 Å². The summed E-state index contributed by atoms with van der Waals surface area (Å²) in [7, 11) is -1.21. The summed E-state index contributed by atoms with van der Waals surface area (Å²) in [6, 6.07) is 28.8. The molecule has 196 valence electrons. The summed E-state index contributed by atoms with van der Waals surface area (Å²) in [5, 5.41) is 2.15. The maximum atomic E-state index is 13.1. The lowest BCUT2D eigenvalue weighted by molar-refractivity contribution is -0.126. The second-order valence-corrected chi connectivity index (χ2v) is 14.7. The molecule has 5 heteroatoms. The molecule has 0 fully saturated rings.